The van der Waals surface area contributed by atoms with Crippen molar-refractivity contribution in [1.29, 1.82) is 0 Å². The van der Waals surface area contributed by atoms with Crippen LogP contribution in [0.5, 0.6) is 0 Å². The normalized spacial score (nSPS) is 14.1. The lowest BCUT2D eigenvalue weighted by Gasteiger charge is -2.27. The first-order chi connectivity index (χ1) is 41.9. The second-order valence-electron chi connectivity index (χ2n) is 25.4. The first kappa shape index (κ1) is 82.9. The number of rotatable bonds is 65. The SMILES string of the molecule is CC/C=C\C/C=C\C/C=C\C/C=C\C/C=C\C/C=C\CCCCCCC(=O)OC(/C=C/CCCCCCCCCCCC)C(COP(=O)(O)OCC[N+](C)(C)C)NC(=O)CCCCCCCCCCCCCCCCC/C=C/CCCCCCCC. The van der Waals surface area contributed by atoms with Crippen LogP contribution in [0.25, 0.3) is 0 Å². The van der Waals surface area contributed by atoms with Gasteiger partial charge in [0, 0.05) is 12.8 Å². The van der Waals surface area contributed by atoms with Crippen LogP contribution >= 0.6 is 7.82 Å². The summed E-state index contributed by atoms with van der Waals surface area (Å²) in [6, 6.07) is -0.865. The number of phosphoric ester groups is 1. The molecule has 0 aliphatic rings. The van der Waals surface area contributed by atoms with Gasteiger partial charge in [-0.2, -0.15) is 0 Å². The maximum absolute atomic E-state index is 13.6. The van der Waals surface area contributed by atoms with Gasteiger partial charge in [-0.25, -0.2) is 4.57 Å². The molecule has 0 fully saturated rings. The quantitative estimate of drug-likeness (QED) is 0.0205. The van der Waals surface area contributed by atoms with Crippen LogP contribution in [-0.4, -0.2) is 74.3 Å². The second kappa shape index (κ2) is 64.9. The molecular weight excluding hydrogens is 1080 g/mol. The third kappa shape index (κ3) is 65.4. The summed E-state index contributed by atoms with van der Waals surface area (Å²) < 4.78 is 30.8. The Bertz CT molecular complexity index is 1790. The Morgan fingerprint density at radius 2 is 0.744 bits per heavy atom. The first-order valence-corrected chi connectivity index (χ1v) is 37.6. The number of quaternary nitrogens is 1. The molecule has 3 atom stereocenters. The fourth-order valence-electron chi connectivity index (χ4n) is 10.2. The number of allylic oxidation sites excluding steroid dienone is 15. The Morgan fingerprint density at radius 3 is 1.13 bits per heavy atom. The number of nitrogens with zero attached hydrogens (tertiary/aromatic N) is 1. The minimum absolute atomic E-state index is 0.0328. The lowest BCUT2D eigenvalue weighted by Crippen LogP contribution is -2.47. The monoisotopic (exact) mass is 1220 g/mol. The van der Waals surface area contributed by atoms with Crippen LogP contribution in [0.3, 0.4) is 0 Å². The lowest BCUT2D eigenvalue weighted by atomic mass is 10.0. The van der Waals surface area contributed by atoms with Crippen molar-refractivity contribution in [2.24, 2.45) is 0 Å². The summed E-state index contributed by atoms with van der Waals surface area (Å²) in [5.74, 6) is -0.529. The van der Waals surface area contributed by atoms with Gasteiger partial charge in [-0.15, -0.1) is 0 Å². The van der Waals surface area contributed by atoms with Crippen LogP contribution in [0.1, 0.15) is 323 Å². The van der Waals surface area contributed by atoms with E-state index >= 15 is 0 Å². The van der Waals surface area contributed by atoms with Crippen LogP contribution < -0.4 is 5.32 Å². The molecule has 1 amide bonds. The molecule has 0 radical (unpaired) electrons. The second-order valence-corrected chi connectivity index (χ2v) is 26.8. The molecule has 86 heavy (non-hydrogen) atoms. The van der Waals surface area contributed by atoms with E-state index in [9.17, 15) is 19.0 Å². The molecule has 0 aromatic heterocycles. The number of esters is 1. The van der Waals surface area contributed by atoms with E-state index in [4.69, 9.17) is 13.8 Å². The standard InChI is InChI=1S/C76H137N2O7P/c1-7-10-13-16-19-22-25-28-30-32-34-36-38-39-41-42-44-46-48-50-53-56-59-62-65-68-75(79)77-73(72-84-86(81,82)83-71-70-78(4,5)6)74(67-64-61-58-55-52-27-24-21-18-15-12-9-3)85-76(80)69-66-63-60-57-54-51-49-47-45-43-40-37-35-33-31-29-26-23-20-17-14-11-8-2/h11,14,20,23,28-31,35,37,43,45,49,51,64,67,73-74H,7-10,12-13,15-19,21-22,24-27,32-34,36,38-42,44,46-48,50,52-63,65-66,68-72H2,1-6H3,(H-,77,79,81,82)/p+1/b14-11-,23-20-,30-28+,31-29-,37-35-,45-43-,51-49-,67-64+. The van der Waals surface area contributed by atoms with Gasteiger partial charge in [0.25, 0.3) is 0 Å². The molecule has 3 unspecified atom stereocenters. The van der Waals surface area contributed by atoms with Crippen molar-refractivity contribution in [3.05, 3.63) is 97.2 Å². The van der Waals surface area contributed by atoms with Crippen LogP contribution in [0.4, 0.5) is 0 Å². The molecule has 0 aromatic rings. The molecular formula is C76H138N2O7P+. The highest BCUT2D eigenvalue weighted by Crippen LogP contribution is 2.43. The largest absolute Gasteiger partial charge is 0.472 e. The number of phosphoric acid groups is 1. The van der Waals surface area contributed by atoms with E-state index < -0.39 is 20.0 Å². The number of hydrogen-bond donors (Lipinski definition) is 2. The molecule has 0 aliphatic carbocycles. The lowest BCUT2D eigenvalue weighted by molar-refractivity contribution is -0.870. The van der Waals surface area contributed by atoms with Crippen LogP contribution in [0.15, 0.2) is 97.2 Å². The average molecular weight is 1220 g/mol. The molecule has 0 saturated carbocycles. The van der Waals surface area contributed by atoms with E-state index in [0.717, 1.165) is 103 Å². The molecule has 0 saturated heterocycles. The number of nitrogens with one attached hydrogen (secondary N) is 1. The maximum atomic E-state index is 13.6. The van der Waals surface area contributed by atoms with E-state index in [-0.39, 0.29) is 31.5 Å². The van der Waals surface area contributed by atoms with E-state index in [2.05, 4.69) is 111 Å². The van der Waals surface area contributed by atoms with Crippen LogP contribution in [0, 0.1) is 0 Å². The highest BCUT2D eigenvalue weighted by atomic mass is 31.2. The Hall–Kier alpha value is -3.07. The highest BCUT2D eigenvalue weighted by Gasteiger charge is 2.30. The summed E-state index contributed by atoms with van der Waals surface area (Å²) in [5, 5.41) is 3.07. The Morgan fingerprint density at radius 1 is 0.419 bits per heavy atom. The van der Waals surface area contributed by atoms with Crippen LogP contribution in [-0.2, 0) is 27.9 Å². The molecule has 0 rings (SSSR count). The van der Waals surface area contributed by atoms with Crippen molar-refractivity contribution in [1.82, 2.24) is 5.32 Å². The Balaban J connectivity index is 5.10. The number of hydrogen-bond acceptors (Lipinski definition) is 6. The third-order valence-corrected chi connectivity index (χ3v) is 16.7. The van der Waals surface area contributed by atoms with Crippen molar-refractivity contribution in [3.8, 4) is 0 Å². The van der Waals surface area contributed by atoms with Gasteiger partial charge in [0.2, 0.25) is 5.91 Å². The third-order valence-electron chi connectivity index (χ3n) is 15.8. The smallest absolute Gasteiger partial charge is 0.456 e. The molecule has 0 heterocycles. The summed E-state index contributed by atoms with van der Waals surface area (Å²) in [6.07, 6.45) is 88.5. The first-order valence-electron chi connectivity index (χ1n) is 36.1. The van der Waals surface area contributed by atoms with Gasteiger partial charge in [0.1, 0.15) is 19.3 Å². The highest BCUT2D eigenvalue weighted by molar-refractivity contribution is 7.47. The molecule has 498 valence electrons. The van der Waals surface area contributed by atoms with Crippen LogP contribution in [0.2, 0.25) is 0 Å². The van der Waals surface area contributed by atoms with E-state index in [0.29, 0.717) is 23.9 Å². The minimum Gasteiger partial charge on any atom is -0.456 e. The average Bonchev–Trinajstić information content (AvgIpc) is 3.69. The molecule has 0 spiro atoms. The molecule has 10 heteroatoms. The summed E-state index contributed by atoms with van der Waals surface area (Å²) in [7, 11) is 1.48. The van der Waals surface area contributed by atoms with Gasteiger partial charge < -0.3 is 19.4 Å². The molecule has 2 N–H and O–H groups in total. The number of ether oxygens (including phenoxy) is 1. The molecule has 0 aliphatic heterocycles. The van der Waals surface area contributed by atoms with Gasteiger partial charge >= 0.3 is 13.8 Å². The number of unbranched alkanes of at least 4 members (excludes halogenated alkanes) is 35. The summed E-state index contributed by atoms with van der Waals surface area (Å²) in [4.78, 5) is 37.9. The zero-order chi connectivity index (χ0) is 62.8. The molecule has 0 aromatic carbocycles. The molecule has 9 nitrogen and oxygen atoms in total. The van der Waals surface area contributed by atoms with E-state index in [1.807, 2.05) is 33.3 Å². The zero-order valence-electron chi connectivity index (χ0n) is 57.0. The predicted octanol–water partition coefficient (Wildman–Crippen LogP) is 23.1. The number of amides is 1. The number of carbonyl (C=O) groups is 2. The van der Waals surface area contributed by atoms with Crippen molar-refractivity contribution in [2.45, 2.75) is 335 Å². The summed E-state index contributed by atoms with van der Waals surface area (Å²) in [5.41, 5.74) is 0. The van der Waals surface area contributed by atoms with Crippen molar-refractivity contribution < 1.29 is 37.3 Å². The number of carbonyl (C=O) groups excluding carboxylic acids is 2. The fourth-order valence-corrected chi connectivity index (χ4v) is 11.0. The van der Waals surface area contributed by atoms with Crippen molar-refractivity contribution in [3.63, 3.8) is 0 Å². The topological polar surface area (TPSA) is 111 Å². The van der Waals surface area contributed by atoms with Crippen molar-refractivity contribution >= 4 is 19.7 Å². The Kier molecular flexibility index (Phi) is 62.6. The molecule has 0 bridgehead atoms. The predicted molar refractivity (Wildman–Crippen MR) is 374 cm³/mol. The fraction of sp³-hybridized carbons (Fsp3) is 0.763. The van der Waals surface area contributed by atoms with E-state index in [1.165, 1.54) is 180 Å². The van der Waals surface area contributed by atoms with Gasteiger partial charge in [-0.05, 0) is 109 Å². The number of likely N-dealkylation sites (N-methyl/N-ethyl adjacent to an activating group) is 1. The van der Waals surface area contributed by atoms with Gasteiger partial charge in [-0.1, -0.05) is 298 Å². The summed E-state index contributed by atoms with van der Waals surface area (Å²) >= 11 is 0. The summed E-state index contributed by atoms with van der Waals surface area (Å²) in [6.45, 7) is 6.90. The maximum Gasteiger partial charge on any atom is 0.472 e. The Labute approximate surface area is 532 Å². The van der Waals surface area contributed by atoms with Crippen molar-refractivity contribution in [2.75, 3.05) is 40.9 Å². The van der Waals surface area contributed by atoms with Gasteiger partial charge in [0.15, 0.2) is 0 Å². The zero-order valence-corrected chi connectivity index (χ0v) is 57.9. The van der Waals surface area contributed by atoms with Gasteiger partial charge in [0.05, 0.1) is 33.8 Å². The minimum atomic E-state index is -4.47. The van der Waals surface area contributed by atoms with Gasteiger partial charge in [-0.3, -0.25) is 18.6 Å². The van der Waals surface area contributed by atoms with E-state index in [1.54, 1.807) is 0 Å².